The standard InChI is InChI=1S/C18H28N2O2.C13H20N2/c1-6-19-13-16(15-10-8-7-9-11-15)20(12-14(19)2)17(21)22-18(3,4)5;1-3-15-10-13(14-9-11(15)2)12-7-5-4-6-8-12/h7-11,14,16H,6,12-13H2,1-5H3;4-8,11,13-14H,3,9-10H2,1-2H3. The summed E-state index contributed by atoms with van der Waals surface area (Å²) in [5.74, 6) is 0. The molecule has 4 rings (SSSR count). The summed E-state index contributed by atoms with van der Waals surface area (Å²) in [5, 5.41) is 3.61. The van der Waals surface area contributed by atoms with Gasteiger partial charge < -0.3 is 10.1 Å². The molecule has 1 N–H and O–H groups in total. The Hall–Kier alpha value is -2.41. The molecule has 4 unspecified atom stereocenters. The van der Waals surface area contributed by atoms with E-state index in [-0.39, 0.29) is 12.1 Å². The average molecular weight is 509 g/mol. The van der Waals surface area contributed by atoms with E-state index in [0.717, 1.165) is 32.7 Å². The highest BCUT2D eigenvalue weighted by Gasteiger charge is 2.36. The molecule has 0 saturated carbocycles. The van der Waals surface area contributed by atoms with Crippen molar-refractivity contribution in [2.75, 3.05) is 39.3 Å². The highest BCUT2D eigenvalue weighted by atomic mass is 16.6. The second kappa shape index (κ2) is 13.4. The molecule has 2 aliphatic heterocycles. The van der Waals surface area contributed by atoms with Gasteiger partial charge in [0.15, 0.2) is 0 Å². The predicted octanol–water partition coefficient (Wildman–Crippen LogP) is 5.73. The number of carbonyl (C=O) groups excluding carboxylic acids is 1. The van der Waals surface area contributed by atoms with Crippen LogP contribution in [0.4, 0.5) is 4.79 Å². The Morgan fingerprint density at radius 3 is 1.92 bits per heavy atom. The van der Waals surface area contributed by atoms with Crippen LogP contribution in [0.2, 0.25) is 0 Å². The van der Waals surface area contributed by atoms with Crippen molar-refractivity contribution < 1.29 is 9.53 Å². The van der Waals surface area contributed by atoms with E-state index in [1.54, 1.807) is 0 Å². The van der Waals surface area contributed by atoms with Gasteiger partial charge in [-0.15, -0.1) is 0 Å². The van der Waals surface area contributed by atoms with E-state index in [0.29, 0.717) is 24.7 Å². The maximum absolute atomic E-state index is 12.6. The van der Waals surface area contributed by atoms with Gasteiger partial charge in [-0.25, -0.2) is 4.79 Å². The topological polar surface area (TPSA) is 48.1 Å². The van der Waals surface area contributed by atoms with E-state index in [2.05, 4.69) is 85.3 Å². The van der Waals surface area contributed by atoms with Crippen LogP contribution in [0.3, 0.4) is 0 Å². The Labute approximate surface area is 225 Å². The molecule has 0 aromatic heterocycles. The second-order valence-electron chi connectivity index (χ2n) is 11.3. The molecule has 204 valence electrons. The molecule has 2 aromatic rings. The van der Waals surface area contributed by atoms with Crippen molar-refractivity contribution in [3.05, 3.63) is 71.8 Å². The first kappa shape index (κ1) is 29.2. The number of amides is 1. The first-order chi connectivity index (χ1) is 17.6. The van der Waals surface area contributed by atoms with Gasteiger partial charge in [0, 0.05) is 44.3 Å². The van der Waals surface area contributed by atoms with Gasteiger partial charge in [0.05, 0.1) is 6.04 Å². The molecular formula is C31H48N4O2. The summed E-state index contributed by atoms with van der Waals surface area (Å²) < 4.78 is 5.61. The molecule has 0 radical (unpaired) electrons. The molecule has 2 saturated heterocycles. The van der Waals surface area contributed by atoms with E-state index in [9.17, 15) is 4.79 Å². The van der Waals surface area contributed by atoms with Crippen LogP contribution < -0.4 is 5.32 Å². The Morgan fingerprint density at radius 1 is 0.838 bits per heavy atom. The van der Waals surface area contributed by atoms with Crippen molar-refractivity contribution in [3.63, 3.8) is 0 Å². The van der Waals surface area contributed by atoms with Gasteiger partial charge in [-0.3, -0.25) is 14.7 Å². The second-order valence-corrected chi connectivity index (χ2v) is 11.3. The maximum Gasteiger partial charge on any atom is 0.410 e. The number of hydrogen-bond donors (Lipinski definition) is 1. The van der Waals surface area contributed by atoms with Crippen molar-refractivity contribution in [1.82, 2.24) is 20.0 Å². The van der Waals surface area contributed by atoms with E-state index in [1.807, 2.05) is 43.9 Å². The lowest BCUT2D eigenvalue weighted by molar-refractivity contribution is -0.0131. The molecule has 1 amide bonds. The number of likely N-dealkylation sites (N-methyl/N-ethyl adjacent to an activating group) is 2. The highest BCUT2D eigenvalue weighted by molar-refractivity contribution is 5.69. The molecule has 2 heterocycles. The van der Waals surface area contributed by atoms with Crippen LogP contribution in [0, 0.1) is 0 Å². The molecule has 4 atom stereocenters. The van der Waals surface area contributed by atoms with Crippen LogP contribution in [-0.4, -0.2) is 77.7 Å². The molecule has 2 aliphatic rings. The summed E-state index contributed by atoms with van der Waals surface area (Å²) in [6.07, 6.45) is -0.219. The molecule has 6 heteroatoms. The van der Waals surface area contributed by atoms with Gasteiger partial charge in [-0.05, 0) is 58.8 Å². The van der Waals surface area contributed by atoms with E-state index in [1.165, 1.54) is 11.1 Å². The van der Waals surface area contributed by atoms with Gasteiger partial charge >= 0.3 is 6.09 Å². The zero-order valence-electron chi connectivity index (χ0n) is 24.0. The number of piperazine rings is 2. The van der Waals surface area contributed by atoms with Crippen molar-refractivity contribution >= 4 is 6.09 Å². The van der Waals surface area contributed by atoms with Gasteiger partial charge in [0.25, 0.3) is 0 Å². The van der Waals surface area contributed by atoms with Gasteiger partial charge in [0.2, 0.25) is 0 Å². The third-order valence-corrected chi connectivity index (χ3v) is 7.39. The summed E-state index contributed by atoms with van der Waals surface area (Å²) in [7, 11) is 0. The summed E-state index contributed by atoms with van der Waals surface area (Å²) in [6, 6.07) is 22.5. The minimum atomic E-state index is -0.469. The highest BCUT2D eigenvalue weighted by Crippen LogP contribution is 2.29. The van der Waals surface area contributed by atoms with Crippen molar-refractivity contribution in [3.8, 4) is 0 Å². The minimum absolute atomic E-state index is 0.0483. The fourth-order valence-corrected chi connectivity index (χ4v) is 5.22. The van der Waals surface area contributed by atoms with Crippen molar-refractivity contribution in [2.24, 2.45) is 0 Å². The van der Waals surface area contributed by atoms with Gasteiger partial charge in [-0.1, -0.05) is 74.5 Å². The monoisotopic (exact) mass is 508 g/mol. The number of nitrogens with one attached hydrogen (secondary N) is 1. The maximum atomic E-state index is 12.6. The third kappa shape index (κ3) is 8.29. The lowest BCUT2D eigenvalue weighted by Crippen LogP contribution is -2.55. The van der Waals surface area contributed by atoms with Gasteiger partial charge in [0.1, 0.15) is 5.60 Å². The smallest absolute Gasteiger partial charge is 0.410 e. The number of rotatable bonds is 4. The van der Waals surface area contributed by atoms with E-state index in [4.69, 9.17) is 4.74 Å². The van der Waals surface area contributed by atoms with Crippen LogP contribution >= 0.6 is 0 Å². The summed E-state index contributed by atoms with van der Waals surface area (Å²) in [4.78, 5) is 19.5. The molecule has 2 aromatic carbocycles. The Morgan fingerprint density at radius 2 is 1.38 bits per heavy atom. The number of hydrogen-bond acceptors (Lipinski definition) is 5. The molecule has 2 fully saturated rings. The molecule has 0 aliphatic carbocycles. The number of nitrogens with zero attached hydrogens (tertiary/aromatic N) is 3. The number of carbonyl (C=O) groups is 1. The van der Waals surface area contributed by atoms with Crippen molar-refractivity contribution in [1.29, 1.82) is 0 Å². The zero-order valence-corrected chi connectivity index (χ0v) is 24.0. The SMILES string of the molecule is CCN1CC(c2ccccc2)N(C(=O)OC(C)(C)C)CC1C.CCN1CC(c2ccccc2)NCC1C. The fourth-order valence-electron chi connectivity index (χ4n) is 5.22. The lowest BCUT2D eigenvalue weighted by Gasteiger charge is -2.45. The van der Waals surface area contributed by atoms with Crippen LogP contribution in [-0.2, 0) is 4.74 Å². The van der Waals surface area contributed by atoms with Crippen molar-refractivity contribution in [2.45, 2.75) is 78.2 Å². The first-order valence-corrected chi connectivity index (χ1v) is 13.9. The van der Waals surface area contributed by atoms with Crippen LogP contribution in [0.25, 0.3) is 0 Å². The molecule has 0 spiro atoms. The van der Waals surface area contributed by atoms with Crippen LogP contribution in [0.5, 0.6) is 0 Å². The number of benzene rings is 2. The molecule has 0 bridgehead atoms. The van der Waals surface area contributed by atoms with Crippen LogP contribution in [0.15, 0.2) is 60.7 Å². The quantitative estimate of drug-likeness (QED) is 0.572. The van der Waals surface area contributed by atoms with E-state index >= 15 is 0 Å². The summed E-state index contributed by atoms with van der Waals surface area (Å²) in [6.45, 7) is 20.5. The molecular weight excluding hydrogens is 460 g/mol. The van der Waals surface area contributed by atoms with E-state index < -0.39 is 5.60 Å². The molecule has 37 heavy (non-hydrogen) atoms. The summed E-state index contributed by atoms with van der Waals surface area (Å²) in [5.41, 5.74) is 2.10. The largest absolute Gasteiger partial charge is 0.444 e. The number of ether oxygens (including phenoxy) is 1. The Kier molecular flexibility index (Phi) is 10.6. The summed E-state index contributed by atoms with van der Waals surface area (Å²) >= 11 is 0. The fraction of sp³-hybridized carbons (Fsp3) is 0.581. The normalized spacial score (nSPS) is 25.2. The van der Waals surface area contributed by atoms with Gasteiger partial charge in [-0.2, -0.15) is 0 Å². The Bertz CT molecular complexity index is 947. The first-order valence-electron chi connectivity index (χ1n) is 13.9. The molecule has 6 nitrogen and oxygen atoms in total. The zero-order chi connectivity index (χ0) is 27.0. The Balaban J connectivity index is 0.000000220. The lowest BCUT2D eigenvalue weighted by atomic mass is 10.0. The minimum Gasteiger partial charge on any atom is -0.444 e. The third-order valence-electron chi connectivity index (χ3n) is 7.39. The average Bonchev–Trinajstić information content (AvgIpc) is 2.89. The predicted molar refractivity (Wildman–Crippen MR) is 153 cm³/mol. The van der Waals surface area contributed by atoms with Crippen LogP contribution in [0.1, 0.15) is 71.7 Å².